The molecule has 0 amide bonds. The quantitative estimate of drug-likeness (QED) is 0.254. The number of hydrogen-bond donors (Lipinski definition) is 1. The molecule has 0 unspecified atom stereocenters. The third-order valence-electron chi connectivity index (χ3n) is 5.22. The van der Waals surface area contributed by atoms with Crippen LogP contribution in [0, 0.1) is 0 Å². The Kier molecular flexibility index (Phi) is 28.0. The largest absolute Gasteiger partial charge is 0.330 e. The maximum atomic E-state index is 5.47. The van der Waals surface area contributed by atoms with Gasteiger partial charge < -0.3 is 5.73 Å². The molecule has 28 heavy (non-hydrogen) atoms. The molecule has 0 aliphatic carbocycles. The Morgan fingerprint density at radius 2 is 0.929 bits per heavy atom. The summed E-state index contributed by atoms with van der Waals surface area (Å²) in [5.41, 5.74) is 6.93. The van der Waals surface area contributed by atoms with Gasteiger partial charge in [-0.1, -0.05) is 134 Å². The number of rotatable bonds is 17. The minimum atomic E-state index is 0. The first-order valence-electron chi connectivity index (χ1n) is 12.1. The van der Waals surface area contributed by atoms with Crippen molar-refractivity contribution in [2.45, 2.75) is 123 Å². The molecular formula is C26H50ClN. The van der Waals surface area contributed by atoms with Gasteiger partial charge in [-0.05, 0) is 31.4 Å². The van der Waals surface area contributed by atoms with Crippen molar-refractivity contribution in [3.63, 3.8) is 0 Å². The normalized spacial score (nSPS) is 10.1. The van der Waals surface area contributed by atoms with E-state index < -0.39 is 0 Å². The van der Waals surface area contributed by atoms with Crippen molar-refractivity contribution in [1.29, 1.82) is 0 Å². The van der Waals surface area contributed by atoms with E-state index in [0.29, 0.717) is 0 Å². The third-order valence-corrected chi connectivity index (χ3v) is 5.22. The first-order chi connectivity index (χ1) is 13.3. The molecule has 0 bridgehead atoms. The van der Waals surface area contributed by atoms with Gasteiger partial charge in [0.1, 0.15) is 0 Å². The summed E-state index contributed by atoms with van der Waals surface area (Å²) < 4.78 is 0. The minimum Gasteiger partial charge on any atom is -0.330 e. The molecule has 1 rings (SSSR count). The molecule has 0 atom stereocenters. The van der Waals surface area contributed by atoms with Crippen LogP contribution in [-0.4, -0.2) is 6.54 Å². The van der Waals surface area contributed by atoms with Crippen molar-refractivity contribution < 1.29 is 0 Å². The maximum absolute atomic E-state index is 5.47. The number of hydrogen-bond acceptors (Lipinski definition) is 1. The lowest BCUT2D eigenvalue weighted by atomic mass is 10.0. The highest BCUT2D eigenvalue weighted by Gasteiger charge is 1.93. The average molecular weight is 412 g/mol. The predicted molar refractivity (Wildman–Crippen MR) is 132 cm³/mol. The van der Waals surface area contributed by atoms with E-state index in [9.17, 15) is 0 Å². The van der Waals surface area contributed by atoms with E-state index in [0.717, 1.165) is 6.54 Å². The summed E-state index contributed by atoms with van der Waals surface area (Å²) in [5, 5.41) is 0. The molecule has 2 N–H and O–H groups in total. The van der Waals surface area contributed by atoms with Gasteiger partial charge in [0.25, 0.3) is 0 Å². The molecule has 1 aromatic rings. The van der Waals surface area contributed by atoms with Crippen LogP contribution in [0.1, 0.15) is 122 Å². The molecule has 1 aromatic carbocycles. The van der Waals surface area contributed by atoms with E-state index >= 15 is 0 Å². The number of nitrogens with two attached hydrogens (primary N) is 1. The topological polar surface area (TPSA) is 26.0 Å². The summed E-state index contributed by atoms with van der Waals surface area (Å²) in [7, 11) is 0. The Bertz CT molecular complexity index is 352. The molecule has 0 aliphatic heterocycles. The smallest absolute Gasteiger partial charge is 0.00773 e. The molecule has 0 heterocycles. The van der Waals surface area contributed by atoms with Crippen LogP contribution in [0.2, 0.25) is 0 Å². The maximum Gasteiger partial charge on any atom is -0.00773 e. The molecule has 0 aliphatic rings. The number of unbranched alkanes of at least 4 members (excludes halogenated alkanes) is 14. The lowest BCUT2D eigenvalue weighted by molar-refractivity contribution is 0.536. The number of halogens is 1. The highest BCUT2D eigenvalue weighted by atomic mass is 35.5. The summed E-state index contributed by atoms with van der Waals surface area (Å²) in [6, 6.07) is 10.6. The molecule has 0 spiro atoms. The highest BCUT2D eigenvalue weighted by molar-refractivity contribution is 5.85. The zero-order valence-corrected chi connectivity index (χ0v) is 19.9. The third kappa shape index (κ3) is 23.5. The summed E-state index contributed by atoms with van der Waals surface area (Å²) >= 11 is 0. The van der Waals surface area contributed by atoms with Crippen LogP contribution in [-0.2, 0) is 6.42 Å². The van der Waals surface area contributed by atoms with Crippen molar-refractivity contribution in [3.8, 4) is 0 Å². The second kappa shape index (κ2) is 26.5. The minimum absolute atomic E-state index is 0. The van der Waals surface area contributed by atoms with Gasteiger partial charge in [-0.3, -0.25) is 0 Å². The zero-order chi connectivity index (χ0) is 19.8. The Hall–Kier alpha value is -0.530. The number of aryl methyl sites for hydroxylation is 1. The lowest BCUT2D eigenvalue weighted by Crippen LogP contribution is -1.97. The van der Waals surface area contributed by atoms with Gasteiger partial charge in [-0.25, -0.2) is 0 Å². The second-order valence-electron chi connectivity index (χ2n) is 7.97. The van der Waals surface area contributed by atoms with Gasteiger partial charge in [0.05, 0.1) is 0 Å². The molecule has 0 saturated heterocycles. The second-order valence-corrected chi connectivity index (χ2v) is 7.97. The van der Waals surface area contributed by atoms with Gasteiger partial charge in [-0.2, -0.15) is 0 Å². The fraction of sp³-hybridized carbons (Fsp3) is 0.769. The predicted octanol–water partition coefficient (Wildman–Crippen LogP) is 8.88. The van der Waals surface area contributed by atoms with Gasteiger partial charge in [0, 0.05) is 0 Å². The van der Waals surface area contributed by atoms with Crippen molar-refractivity contribution in [3.05, 3.63) is 35.9 Å². The Morgan fingerprint density at radius 3 is 1.32 bits per heavy atom. The molecule has 2 heteroatoms. The van der Waals surface area contributed by atoms with E-state index in [1.807, 2.05) is 0 Å². The van der Waals surface area contributed by atoms with Crippen LogP contribution >= 0.6 is 12.4 Å². The van der Waals surface area contributed by atoms with Gasteiger partial charge in [0.15, 0.2) is 0 Å². The van der Waals surface area contributed by atoms with Crippen molar-refractivity contribution in [1.82, 2.24) is 0 Å². The summed E-state index contributed by atoms with van der Waals surface area (Å²) in [6.07, 6.45) is 23.7. The van der Waals surface area contributed by atoms with Crippen LogP contribution in [0.3, 0.4) is 0 Å². The lowest BCUT2D eigenvalue weighted by Gasteiger charge is -2.02. The van der Waals surface area contributed by atoms with Crippen LogP contribution in [0.4, 0.5) is 0 Å². The standard InChI is InChI=1S/C16H35N.C10H14.ClH/c1-2-3-4-5-6-7-8-9-10-11-12-13-14-15-16-17;1-2-3-7-10-8-5-4-6-9-10;/h2-17H2,1H3;4-6,8-9H,2-3,7H2,1H3;1H. The van der Waals surface area contributed by atoms with E-state index in [-0.39, 0.29) is 12.4 Å². The average Bonchev–Trinajstić information content (AvgIpc) is 2.71. The molecule has 0 aromatic heterocycles. The first-order valence-corrected chi connectivity index (χ1v) is 12.1. The highest BCUT2D eigenvalue weighted by Crippen LogP contribution is 2.12. The van der Waals surface area contributed by atoms with Crippen molar-refractivity contribution in [2.24, 2.45) is 5.73 Å². The fourth-order valence-electron chi connectivity index (χ4n) is 3.36. The van der Waals surface area contributed by atoms with Crippen LogP contribution in [0.25, 0.3) is 0 Å². The molecule has 166 valence electrons. The summed E-state index contributed by atoms with van der Waals surface area (Å²) in [6.45, 7) is 5.38. The zero-order valence-electron chi connectivity index (χ0n) is 19.1. The Labute approximate surface area is 183 Å². The van der Waals surface area contributed by atoms with Crippen molar-refractivity contribution in [2.75, 3.05) is 6.54 Å². The van der Waals surface area contributed by atoms with Gasteiger partial charge >= 0.3 is 0 Å². The van der Waals surface area contributed by atoms with Crippen LogP contribution in [0.5, 0.6) is 0 Å². The van der Waals surface area contributed by atoms with E-state index in [2.05, 4.69) is 44.2 Å². The van der Waals surface area contributed by atoms with Gasteiger partial charge in [-0.15, -0.1) is 12.4 Å². The van der Waals surface area contributed by atoms with Gasteiger partial charge in [0.2, 0.25) is 0 Å². The SMILES string of the molecule is CCCCCCCCCCCCCCCCN.CCCCc1ccccc1.Cl. The first kappa shape index (κ1) is 29.7. The monoisotopic (exact) mass is 411 g/mol. The molecule has 1 nitrogen and oxygen atoms in total. The van der Waals surface area contributed by atoms with E-state index in [1.165, 1.54) is 115 Å². The summed E-state index contributed by atoms with van der Waals surface area (Å²) in [4.78, 5) is 0. The summed E-state index contributed by atoms with van der Waals surface area (Å²) in [5.74, 6) is 0. The molecule has 0 fully saturated rings. The molecule has 0 saturated carbocycles. The van der Waals surface area contributed by atoms with E-state index in [4.69, 9.17) is 5.73 Å². The van der Waals surface area contributed by atoms with Crippen LogP contribution in [0.15, 0.2) is 30.3 Å². The number of benzene rings is 1. The fourth-order valence-corrected chi connectivity index (χ4v) is 3.36. The van der Waals surface area contributed by atoms with E-state index in [1.54, 1.807) is 0 Å². The van der Waals surface area contributed by atoms with Crippen molar-refractivity contribution >= 4 is 12.4 Å². The Morgan fingerprint density at radius 1 is 0.536 bits per heavy atom. The van der Waals surface area contributed by atoms with Crippen LogP contribution < -0.4 is 5.73 Å². The molecule has 0 radical (unpaired) electrons. The molecular weight excluding hydrogens is 362 g/mol. The Balaban J connectivity index is 0.